The summed E-state index contributed by atoms with van der Waals surface area (Å²) in [6, 6.07) is 0.0736. The van der Waals surface area contributed by atoms with Gasteiger partial charge in [-0.25, -0.2) is 4.68 Å². The van der Waals surface area contributed by atoms with Gasteiger partial charge in [0.25, 0.3) is 0 Å². The lowest BCUT2D eigenvalue weighted by atomic mass is 10.2. The van der Waals surface area contributed by atoms with Crippen LogP contribution >= 0.6 is 0 Å². The first-order valence-electron chi connectivity index (χ1n) is 5.93. The predicted molar refractivity (Wildman–Crippen MR) is 58.5 cm³/mol. The Hall–Kier alpha value is -1.63. The molecular formula is C10H15N5O2. The molecule has 1 unspecified atom stereocenters. The van der Waals surface area contributed by atoms with Crippen LogP contribution in [0.5, 0.6) is 6.01 Å². The van der Waals surface area contributed by atoms with Crippen molar-refractivity contribution in [1.82, 2.24) is 25.4 Å². The Morgan fingerprint density at radius 1 is 1.35 bits per heavy atom. The number of nitrogens with zero attached hydrogens (tertiary/aromatic N) is 3. The first-order chi connectivity index (χ1) is 8.34. The summed E-state index contributed by atoms with van der Waals surface area (Å²) in [5.74, 6) is 0.427. The third kappa shape index (κ3) is 1.97. The van der Waals surface area contributed by atoms with Gasteiger partial charge < -0.3 is 10.1 Å². The standard InChI is InChI=1S/C10H15N5O2/c16-9-7(11-3-4-12-9)8-13-10-15(14-8)5-1-2-6-17-10/h7,11H,1-6H2,(H,12,16). The molecule has 17 heavy (non-hydrogen) atoms. The van der Waals surface area contributed by atoms with E-state index in [1.54, 1.807) is 4.68 Å². The first kappa shape index (κ1) is 10.5. The Kier molecular flexibility index (Phi) is 2.68. The molecule has 0 bridgehead atoms. The number of nitrogens with one attached hydrogen (secondary N) is 2. The smallest absolute Gasteiger partial charge is 0.315 e. The fourth-order valence-corrected chi connectivity index (χ4v) is 2.05. The van der Waals surface area contributed by atoms with Crippen molar-refractivity contribution in [3.8, 4) is 6.01 Å². The maximum Gasteiger partial charge on any atom is 0.315 e. The molecule has 7 nitrogen and oxygen atoms in total. The lowest BCUT2D eigenvalue weighted by molar-refractivity contribution is -0.124. The Bertz CT molecular complexity index is 407. The van der Waals surface area contributed by atoms with Crippen LogP contribution in [0.4, 0.5) is 0 Å². The molecule has 0 aromatic carbocycles. The SMILES string of the molecule is O=C1NCCNC1c1nc2n(n1)CCCCO2. The Morgan fingerprint density at radius 2 is 2.29 bits per heavy atom. The van der Waals surface area contributed by atoms with Gasteiger partial charge in [0.05, 0.1) is 6.61 Å². The van der Waals surface area contributed by atoms with E-state index in [0.29, 0.717) is 25.0 Å². The number of ether oxygens (including phenoxy) is 1. The van der Waals surface area contributed by atoms with Crippen molar-refractivity contribution in [2.24, 2.45) is 0 Å². The number of aromatic nitrogens is 3. The van der Waals surface area contributed by atoms with E-state index in [1.807, 2.05) is 0 Å². The fraction of sp³-hybridized carbons (Fsp3) is 0.700. The second-order valence-electron chi connectivity index (χ2n) is 4.21. The normalized spacial score (nSPS) is 24.5. The molecule has 0 aliphatic carbocycles. The molecular weight excluding hydrogens is 222 g/mol. The largest absolute Gasteiger partial charge is 0.464 e. The van der Waals surface area contributed by atoms with Crippen molar-refractivity contribution in [2.75, 3.05) is 19.7 Å². The Morgan fingerprint density at radius 3 is 3.18 bits per heavy atom. The maximum absolute atomic E-state index is 11.7. The summed E-state index contributed by atoms with van der Waals surface area (Å²) in [6.45, 7) is 2.86. The first-order valence-corrected chi connectivity index (χ1v) is 5.93. The molecule has 1 fully saturated rings. The number of hydrogen-bond acceptors (Lipinski definition) is 5. The predicted octanol–water partition coefficient (Wildman–Crippen LogP) is -0.789. The van der Waals surface area contributed by atoms with Gasteiger partial charge in [-0.05, 0) is 12.8 Å². The van der Waals surface area contributed by atoms with Crippen molar-refractivity contribution in [1.29, 1.82) is 0 Å². The van der Waals surface area contributed by atoms with Crippen molar-refractivity contribution in [3.05, 3.63) is 5.82 Å². The lowest BCUT2D eigenvalue weighted by Crippen LogP contribution is -2.47. The van der Waals surface area contributed by atoms with E-state index in [1.165, 1.54) is 0 Å². The van der Waals surface area contributed by atoms with Crippen LogP contribution in [-0.4, -0.2) is 40.4 Å². The summed E-state index contributed by atoms with van der Waals surface area (Å²) in [7, 11) is 0. The minimum absolute atomic E-state index is 0.0722. The zero-order chi connectivity index (χ0) is 11.7. The lowest BCUT2D eigenvalue weighted by Gasteiger charge is -2.20. The summed E-state index contributed by atoms with van der Waals surface area (Å²) in [4.78, 5) is 16.0. The van der Waals surface area contributed by atoms with E-state index < -0.39 is 6.04 Å². The molecule has 3 heterocycles. The topological polar surface area (TPSA) is 81.1 Å². The number of hydrogen-bond donors (Lipinski definition) is 2. The average Bonchev–Trinajstić information content (AvgIpc) is 2.61. The van der Waals surface area contributed by atoms with Gasteiger partial charge >= 0.3 is 6.01 Å². The van der Waals surface area contributed by atoms with Gasteiger partial charge in [0.15, 0.2) is 5.82 Å². The third-order valence-corrected chi connectivity index (χ3v) is 2.94. The molecule has 3 rings (SSSR count). The van der Waals surface area contributed by atoms with Crippen LogP contribution in [0.25, 0.3) is 0 Å². The zero-order valence-electron chi connectivity index (χ0n) is 9.48. The van der Waals surface area contributed by atoms with E-state index in [4.69, 9.17) is 4.74 Å². The molecule has 2 aliphatic rings. The molecule has 0 spiro atoms. The maximum atomic E-state index is 11.7. The second kappa shape index (κ2) is 4.33. The minimum Gasteiger partial charge on any atom is -0.464 e. The van der Waals surface area contributed by atoms with Gasteiger partial charge in [0, 0.05) is 19.6 Å². The number of fused-ring (bicyclic) bond motifs is 1. The molecule has 1 aromatic rings. The highest BCUT2D eigenvalue weighted by Crippen LogP contribution is 2.18. The highest BCUT2D eigenvalue weighted by molar-refractivity contribution is 5.82. The van der Waals surface area contributed by atoms with Crippen LogP contribution in [0.3, 0.4) is 0 Å². The quantitative estimate of drug-likeness (QED) is 0.669. The highest BCUT2D eigenvalue weighted by Gasteiger charge is 2.28. The summed E-state index contributed by atoms with van der Waals surface area (Å²) in [5.41, 5.74) is 0. The van der Waals surface area contributed by atoms with Gasteiger partial charge in [-0.3, -0.25) is 10.1 Å². The number of aryl methyl sites for hydroxylation is 1. The summed E-state index contributed by atoms with van der Waals surface area (Å²) >= 11 is 0. The van der Waals surface area contributed by atoms with Gasteiger partial charge in [-0.1, -0.05) is 0 Å². The van der Waals surface area contributed by atoms with Crippen molar-refractivity contribution in [3.63, 3.8) is 0 Å². The van der Waals surface area contributed by atoms with E-state index in [2.05, 4.69) is 20.7 Å². The summed E-state index contributed by atoms with van der Waals surface area (Å²) in [5, 5.41) is 10.2. The van der Waals surface area contributed by atoms with Crippen LogP contribution in [-0.2, 0) is 11.3 Å². The number of carbonyl (C=O) groups excluding carboxylic acids is 1. The molecule has 1 amide bonds. The zero-order valence-corrected chi connectivity index (χ0v) is 9.48. The van der Waals surface area contributed by atoms with E-state index in [9.17, 15) is 4.79 Å². The number of carbonyl (C=O) groups is 1. The monoisotopic (exact) mass is 237 g/mol. The highest BCUT2D eigenvalue weighted by atomic mass is 16.5. The van der Waals surface area contributed by atoms with E-state index >= 15 is 0 Å². The molecule has 1 saturated heterocycles. The minimum atomic E-state index is -0.452. The number of piperazine rings is 1. The van der Waals surface area contributed by atoms with Gasteiger partial charge in [0.1, 0.15) is 6.04 Å². The molecule has 2 N–H and O–H groups in total. The van der Waals surface area contributed by atoms with Crippen molar-refractivity contribution in [2.45, 2.75) is 25.4 Å². The van der Waals surface area contributed by atoms with Crippen LogP contribution in [0.1, 0.15) is 24.7 Å². The summed E-state index contributed by atoms with van der Waals surface area (Å²) < 4.78 is 7.23. The number of amides is 1. The van der Waals surface area contributed by atoms with Crippen LogP contribution in [0.2, 0.25) is 0 Å². The Balaban J connectivity index is 1.85. The van der Waals surface area contributed by atoms with Crippen molar-refractivity contribution < 1.29 is 9.53 Å². The molecule has 1 atom stereocenters. The van der Waals surface area contributed by atoms with E-state index in [0.717, 1.165) is 25.9 Å². The van der Waals surface area contributed by atoms with Crippen LogP contribution < -0.4 is 15.4 Å². The van der Waals surface area contributed by atoms with Gasteiger partial charge in [0.2, 0.25) is 5.91 Å². The van der Waals surface area contributed by atoms with Gasteiger partial charge in [-0.2, -0.15) is 10.1 Å². The van der Waals surface area contributed by atoms with Crippen LogP contribution in [0, 0.1) is 0 Å². The molecule has 2 aliphatic heterocycles. The molecule has 7 heteroatoms. The molecule has 1 aromatic heterocycles. The fourth-order valence-electron chi connectivity index (χ4n) is 2.05. The molecule has 0 radical (unpaired) electrons. The third-order valence-electron chi connectivity index (χ3n) is 2.94. The van der Waals surface area contributed by atoms with Gasteiger partial charge in [-0.15, -0.1) is 0 Å². The molecule has 0 saturated carbocycles. The van der Waals surface area contributed by atoms with Crippen LogP contribution in [0.15, 0.2) is 0 Å². The summed E-state index contributed by atoms with van der Waals surface area (Å²) in [6.07, 6.45) is 2.04. The Labute approximate surface area is 98.5 Å². The average molecular weight is 237 g/mol. The van der Waals surface area contributed by atoms with E-state index in [-0.39, 0.29) is 5.91 Å². The number of rotatable bonds is 1. The van der Waals surface area contributed by atoms with Crippen molar-refractivity contribution >= 4 is 5.91 Å². The second-order valence-corrected chi connectivity index (χ2v) is 4.21. The molecule has 92 valence electrons.